The zero-order valence-electron chi connectivity index (χ0n) is 18.5. The molecule has 0 bridgehead atoms. The number of nitrogens with one attached hydrogen (secondary N) is 1. The maximum atomic E-state index is 13.3. The Balaban J connectivity index is 1.85. The highest BCUT2D eigenvalue weighted by Crippen LogP contribution is 2.48. The van der Waals surface area contributed by atoms with E-state index in [1.54, 1.807) is 6.92 Å². The molecule has 0 spiro atoms. The third-order valence-corrected chi connectivity index (χ3v) is 6.57. The summed E-state index contributed by atoms with van der Waals surface area (Å²) in [6.45, 7) is 5.67. The molecule has 0 radical (unpaired) electrons. The van der Waals surface area contributed by atoms with Gasteiger partial charge in [-0.3, -0.25) is 14.9 Å². The first-order chi connectivity index (χ1) is 15.1. The topological polar surface area (TPSA) is 122 Å². The molecule has 3 aliphatic rings. The number of carbonyl (C=O) groups excluding carboxylic acids is 2. The van der Waals surface area contributed by atoms with Crippen LogP contribution in [-0.2, 0) is 14.3 Å². The van der Waals surface area contributed by atoms with Crippen LogP contribution < -0.4 is 10.4 Å². The van der Waals surface area contributed by atoms with Crippen molar-refractivity contribution in [1.82, 2.24) is 5.32 Å². The number of nitro benzene ring substituents is 1. The minimum absolute atomic E-state index is 0.0579. The first-order valence-electron chi connectivity index (χ1n) is 11.0. The van der Waals surface area contributed by atoms with Crippen LogP contribution in [0, 0.1) is 21.4 Å². The summed E-state index contributed by atoms with van der Waals surface area (Å²) in [6.07, 6.45) is 5.70. The summed E-state index contributed by atoms with van der Waals surface area (Å²) in [6, 6.07) is 3.80. The number of rotatable bonds is 4. The molecule has 32 heavy (non-hydrogen) atoms. The normalized spacial score (nSPS) is 25.1. The first kappa shape index (κ1) is 22.0. The van der Waals surface area contributed by atoms with Gasteiger partial charge < -0.3 is 15.2 Å². The molecule has 8 heteroatoms. The highest BCUT2D eigenvalue weighted by molar-refractivity contribution is 5.96. The van der Waals surface area contributed by atoms with Crippen LogP contribution in [0.25, 0.3) is 0 Å². The van der Waals surface area contributed by atoms with Gasteiger partial charge in [0.2, 0.25) is 0 Å². The van der Waals surface area contributed by atoms with Crippen LogP contribution in [0.15, 0.2) is 41.2 Å². The van der Waals surface area contributed by atoms with Crippen molar-refractivity contribution in [3.63, 3.8) is 0 Å². The lowest BCUT2D eigenvalue weighted by molar-refractivity contribution is -0.398. The molecule has 1 saturated carbocycles. The van der Waals surface area contributed by atoms with Crippen LogP contribution in [0.1, 0.15) is 64.4 Å². The Kier molecular flexibility index (Phi) is 5.56. The Hall–Kier alpha value is -3.16. The predicted molar refractivity (Wildman–Crippen MR) is 114 cm³/mol. The van der Waals surface area contributed by atoms with E-state index in [9.17, 15) is 24.8 Å². The summed E-state index contributed by atoms with van der Waals surface area (Å²) < 4.78 is 5.77. The number of benzene rings is 1. The van der Waals surface area contributed by atoms with Gasteiger partial charge in [0.15, 0.2) is 0 Å². The third-order valence-electron chi connectivity index (χ3n) is 6.57. The quantitative estimate of drug-likeness (QED) is 0.432. The lowest BCUT2D eigenvalue weighted by Crippen LogP contribution is -2.43. The van der Waals surface area contributed by atoms with E-state index < -0.39 is 34.2 Å². The minimum Gasteiger partial charge on any atom is -0.868 e. The average molecular weight is 439 g/mol. The smallest absolute Gasteiger partial charge is 0.336 e. The molecule has 1 aromatic rings. The summed E-state index contributed by atoms with van der Waals surface area (Å²) in [4.78, 5) is 37.3. The number of ketones is 1. The molecule has 2 atom stereocenters. The van der Waals surface area contributed by atoms with Crippen LogP contribution in [0.3, 0.4) is 0 Å². The molecule has 2 unspecified atom stereocenters. The van der Waals surface area contributed by atoms with Crippen molar-refractivity contribution in [2.45, 2.75) is 64.9 Å². The summed E-state index contributed by atoms with van der Waals surface area (Å²) in [5.41, 5.74) is 0.990. The van der Waals surface area contributed by atoms with E-state index in [1.165, 1.54) is 12.1 Å². The Bertz CT molecular complexity index is 1050. The van der Waals surface area contributed by atoms with Crippen molar-refractivity contribution < 1.29 is 24.4 Å². The fourth-order valence-electron chi connectivity index (χ4n) is 5.19. The van der Waals surface area contributed by atoms with Crippen LogP contribution in [0.2, 0.25) is 0 Å². The van der Waals surface area contributed by atoms with Gasteiger partial charge >= 0.3 is 5.97 Å². The average Bonchev–Trinajstić information content (AvgIpc) is 3.19. The SMILES string of the molecule is CC1=C(C(=O)OC2CCCC2)C(c2ccc([O-])c([N+](=O)[O-])c2)C2C(=O)CC(C)(C)C=C2N1. The van der Waals surface area contributed by atoms with Gasteiger partial charge in [0, 0.05) is 29.8 Å². The third kappa shape index (κ3) is 4.01. The van der Waals surface area contributed by atoms with Gasteiger partial charge in [0.05, 0.1) is 16.4 Å². The van der Waals surface area contributed by atoms with Gasteiger partial charge in [0.25, 0.3) is 5.69 Å². The van der Waals surface area contributed by atoms with E-state index in [0.717, 1.165) is 31.7 Å². The van der Waals surface area contributed by atoms with Crippen LogP contribution in [0.5, 0.6) is 5.75 Å². The van der Waals surface area contributed by atoms with E-state index in [0.29, 0.717) is 22.5 Å². The second kappa shape index (κ2) is 8.07. The molecule has 4 rings (SSSR count). The molecule has 8 nitrogen and oxygen atoms in total. The molecule has 1 heterocycles. The van der Waals surface area contributed by atoms with E-state index in [1.807, 2.05) is 19.9 Å². The van der Waals surface area contributed by atoms with Gasteiger partial charge in [-0.2, -0.15) is 0 Å². The van der Waals surface area contributed by atoms with Gasteiger partial charge in [-0.15, -0.1) is 0 Å². The molecule has 1 fully saturated rings. The maximum Gasteiger partial charge on any atom is 0.336 e. The van der Waals surface area contributed by atoms with Crippen molar-refractivity contribution in [2.75, 3.05) is 0 Å². The Morgan fingerprint density at radius 1 is 1.22 bits per heavy atom. The van der Waals surface area contributed by atoms with Crippen molar-refractivity contribution in [3.8, 4) is 5.75 Å². The summed E-state index contributed by atoms with van der Waals surface area (Å²) in [7, 11) is 0. The number of ether oxygens (including phenoxy) is 1. The van der Waals surface area contributed by atoms with Crippen molar-refractivity contribution in [2.24, 2.45) is 11.3 Å². The molecule has 1 N–H and O–H groups in total. The number of hydrogen-bond donors (Lipinski definition) is 1. The number of hydrogen-bond acceptors (Lipinski definition) is 7. The Morgan fingerprint density at radius 3 is 2.56 bits per heavy atom. The zero-order chi connectivity index (χ0) is 23.2. The standard InChI is InChI=1S/C24H28N2O6/c1-13-20(23(29)32-15-6-4-5-7-15)21(14-8-9-18(27)17(10-14)26(30)31)22-16(25-13)11-24(2,3)12-19(22)28/h8-11,15,21-22,25,27H,4-7,12H2,1-3H3/p-1. The number of nitrogens with zero attached hydrogens (tertiary/aromatic N) is 1. The maximum absolute atomic E-state index is 13.3. The van der Waals surface area contributed by atoms with Crippen molar-refractivity contribution in [1.29, 1.82) is 0 Å². The van der Waals surface area contributed by atoms with Gasteiger partial charge in [0.1, 0.15) is 11.9 Å². The summed E-state index contributed by atoms with van der Waals surface area (Å²) in [5, 5.41) is 26.6. The highest BCUT2D eigenvalue weighted by atomic mass is 16.6. The molecule has 2 aliphatic carbocycles. The van der Waals surface area contributed by atoms with Gasteiger partial charge in [-0.05, 0) is 49.3 Å². The number of esters is 1. The summed E-state index contributed by atoms with van der Waals surface area (Å²) >= 11 is 0. The Labute approximate surface area is 186 Å². The van der Waals surface area contributed by atoms with Crippen LogP contribution >= 0.6 is 0 Å². The van der Waals surface area contributed by atoms with E-state index in [2.05, 4.69) is 5.32 Å². The monoisotopic (exact) mass is 439 g/mol. The van der Waals surface area contributed by atoms with Crippen molar-refractivity contribution >= 4 is 17.4 Å². The highest BCUT2D eigenvalue weighted by Gasteiger charge is 2.46. The molecule has 170 valence electrons. The number of carbonyl (C=O) groups is 2. The zero-order valence-corrected chi connectivity index (χ0v) is 18.5. The lowest BCUT2D eigenvalue weighted by atomic mass is 9.66. The number of allylic oxidation sites excluding steroid dienone is 3. The van der Waals surface area contributed by atoms with E-state index in [4.69, 9.17) is 4.74 Å². The molecule has 0 aromatic heterocycles. The second-order valence-corrected chi connectivity index (χ2v) is 9.65. The van der Waals surface area contributed by atoms with E-state index >= 15 is 0 Å². The van der Waals surface area contributed by atoms with Crippen molar-refractivity contribution in [3.05, 3.63) is 56.9 Å². The van der Waals surface area contributed by atoms with Gasteiger partial charge in [-0.1, -0.05) is 32.1 Å². The fourth-order valence-corrected chi connectivity index (χ4v) is 5.19. The Morgan fingerprint density at radius 2 is 1.91 bits per heavy atom. The molecular weight excluding hydrogens is 412 g/mol. The molecule has 1 aromatic carbocycles. The van der Waals surface area contributed by atoms with Crippen LogP contribution in [0.4, 0.5) is 5.69 Å². The first-order valence-corrected chi connectivity index (χ1v) is 11.0. The largest absolute Gasteiger partial charge is 0.868 e. The fraction of sp³-hybridized carbons (Fsp3) is 0.500. The van der Waals surface area contributed by atoms with Crippen LogP contribution in [-0.4, -0.2) is 22.8 Å². The van der Waals surface area contributed by atoms with Gasteiger partial charge in [-0.25, -0.2) is 4.79 Å². The lowest BCUT2D eigenvalue weighted by Gasteiger charge is -2.41. The number of Topliss-reactive ketones (excluding diaryl/α,β-unsaturated/α-hetero) is 1. The molecule has 0 amide bonds. The predicted octanol–water partition coefficient (Wildman–Crippen LogP) is 3.61. The minimum atomic E-state index is -0.765. The van der Waals surface area contributed by atoms with E-state index in [-0.39, 0.29) is 23.7 Å². The number of nitro groups is 1. The molecule has 0 saturated heterocycles. The molecular formula is C24H27N2O6-. The second-order valence-electron chi connectivity index (χ2n) is 9.65. The summed E-state index contributed by atoms with van der Waals surface area (Å²) in [5.74, 6) is -2.75. The molecule has 1 aliphatic heterocycles. The number of fused-ring (bicyclic) bond motifs is 1.